The Morgan fingerprint density at radius 2 is 1.77 bits per heavy atom. The molecule has 2 aliphatic heterocycles. The molecule has 0 saturated heterocycles. The molecule has 6 rings (SSSR count). The number of thiophene rings is 1. The number of nitrogens with zero attached hydrogens (tertiary/aromatic N) is 1. The zero-order valence-corrected chi connectivity index (χ0v) is 22.4. The lowest BCUT2D eigenvalue weighted by molar-refractivity contribution is -0.117. The van der Waals surface area contributed by atoms with Gasteiger partial charge in [-0.3, -0.25) is 19.3 Å². The second-order valence-electron chi connectivity index (χ2n) is 9.09. The highest BCUT2D eigenvalue weighted by Gasteiger charge is 2.45. The van der Waals surface area contributed by atoms with E-state index in [9.17, 15) is 19.5 Å². The standard InChI is InChI=1S/C30H21ClN2O6S/c31-19-10-8-18(9-11-19)26-25(27(34)24-6-3-13-40-24)28(35)30(37)33(26)21-5-2-1-4-20(21)29(36)32-15-17-7-12-22-23(14-17)39-16-38-22/h1-14,26,35H,15-16H2,(H,32,36)/t26-/m1/s1. The first-order valence-corrected chi connectivity index (χ1v) is 13.5. The molecule has 0 bridgehead atoms. The minimum absolute atomic E-state index is 0.0645. The SMILES string of the molecule is O=C(C1=C(O)C(=O)N(c2ccccc2C(=O)NCc2ccc3c(c2)OCO3)[C@@H]1c1ccc(Cl)cc1)c1cccs1. The molecule has 8 nitrogen and oxygen atoms in total. The van der Waals surface area contributed by atoms with Crippen molar-refractivity contribution in [2.24, 2.45) is 0 Å². The normalized spacial score (nSPS) is 16.0. The molecule has 4 aromatic rings. The molecule has 2 amide bonds. The summed E-state index contributed by atoms with van der Waals surface area (Å²) in [5, 5.41) is 16.1. The van der Waals surface area contributed by atoms with E-state index in [4.69, 9.17) is 21.1 Å². The van der Waals surface area contributed by atoms with Gasteiger partial charge in [-0.2, -0.15) is 0 Å². The third-order valence-electron chi connectivity index (χ3n) is 6.68. The van der Waals surface area contributed by atoms with Gasteiger partial charge in [-0.05, 0) is 59.0 Å². The van der Waals surface area contributed by atoms with E-state index in [0.29, 0.717) is 27.0 Å². The van der Waals surface area contributed by atoms with Gasteiger partial charge in [0, 0.05) is 11.6 Å². The van der Waals surface area contributed by atoms with Crippen LogP contribution in [0.3, 0.4) is 0 Å². The molecule has 10 heteroatoms. The fourth-order valence-electron chi connectivity index (χ4n) is 4.79. The molecule has 0 saturated carbocycles. The summed E-state index contributed by atoms with van der Waals surface area (Å²) in [7, 11) is 0. The summed E-state index contributed by atoms with van der Waals surface area (Å²) in [4.78, 5) is 42.2. The number of carbonyl (C=O) groups excluding carboxylic acids is 3. The van der Waals surface area contributed by atoms with Crippen LogP contribution in [0.4, 0.5) is 5.69 Å². The highest BCUT2D eigenvalue weighted by Crippen LogP contribution is 2.43. The molecular formula is C30H21ClN2O6S. The number of aliphatic hydroxyl groups excluding tert-OH is 1. The van der Waals surface area contributed by atoms with Gasteiger partial charge in [-0.25, -0.2) is 0 Å². The van der Waals surface area contributed by atoms with Crippen LogP contribution >= 0.6 is 22.9 Å². The molecule has 0 spiro atoms. The van der Waals surface area contributed by atoms with Crippen LogP contribution in [-0.4, -0.2) is 29.5 Å². The number of benzene rings is 3. The van der Waals surface area contributed by atoms with E-state index >= 15 is 0 Å². The van der Waals surface area contributed by atoms with Crippen LogP contribution in [0.5, 0.6) is 11.5 Å². The number of anilines is 1. The predicted molar refractivity (Wildman–Crippen MR) is 150 cm³/mol. The van der Waals surface area contributed by atoms with Crippen molar-refractivity contribution in [3.05, 3.63) is 122 Å². The van der Waals surface area contributed by atoms with Gasteiger partial charge in [0.1, 0.15) is 0 Å². The number of carbonyl (C=O) groups is 3. The zero-order chi connectivity index (χ0) is 27.8. The molecule has 3 aromatic carbocycles. The average molecular weight is 573 g/mol. The fourth-order valence-corrected chi connectivity index (χ4v) is 5.59. The van der Waals surface area contributed by atoms with E-state index in [1.807, 2.05) is 6.07 Å². The topological polar surface area (TPSA) is 105 Å². The third kappa shape index (κ3) is 4.59. The van der Waals surface area contributed by atoms with E-state index < -0.39 is 29.4 Å². The number of halogens is 1. The Hall–Kier alpha value is -4.60. The largest absolute Gasteiger partial charge is 0.503 e. The summed E-state index contributed by atoms with van der Waals surface area (Å²) in [6.45, 7) is 0.346. The van der Waals surface area contributed by atoms with Crippen molar-refractivity contribution < 1.29 is 29.0 Å². The molecule has 3 heterocycles. The van der Waals surface area contributed by atoms with Gasteiger partial charge in [0.15, 0.2) is 17.3 Å². The minimum Gasteiger partial charge on any atom is -0.503 e. The number of ketones is 1. The fraction of sp³-hybridized carbons (Fsp3) is 0.100. The first-order chi connectivity index (χ1) is 19.4. The Labute approximate surface area is 238 Å². The highest BCUT2D eigenvalue weighted by molar-refractivity contribution is 7.12. The number of fused-ring (bicyclic) bond motifs is 1. The van der Waals surface area contributed by atoms with Crippen LogP contribution in [0.1, 0.15) is 37.2 Å². The number of nitrogens with one attached hydrogen (secondary N) is 1. The first kappa shape index (κ1) is 25.7. The Kier molecular flexibility index (Phi) is 6.75. The summed E-state index contributed by atoms with van der Waals surface area (Å²) in [6, 6.07) is 21.0. The van der Waals surface area contributed by atoms with Gasteiger partial charge >= 0.3 is 0 Å². The molecular weight excluding hydrogens is 552 g/mol. The average Bonchev–Trinajstić information content (AvgIpc) is 3.72. The van der Waals surface area contributed by atoms with Gasteiger partial charge in [0.25, 0.3) is 11.8 Å². The molecule has 1 atom stereocenters. The Bertz CT molecular complexity index is 1670. The van der Waals surface area contributed by atoms with Crippen molar-refractivity contribution in [1.29, 1.82) is 0 Å². The summed E-state index contributed by atoms with van der Waals surface area (Å²) in [5.41, 5.74) is 1.74. The van der Waals surface area contributed by atoms with Gasteiger partial charge in [0.05, 0.1) is 27.7 Å². The van der Waals surface area contributed by atoms with Gasteiger partial charge < -0.3 is 19.9 Å². The van der Waals surface area contributed by atoms with Crippen molar-refractivity contribution in [3.8, 4) is 11.5 Å². The van der Waals surface area contributed by atoms with Gasteiger partial charge in [0.2, 0.25) is 12.6 Å². The Balaban J connectivity index is 1.36. The molecule has 2 N–H and O–H groups in total. The molecule has 0 fully saturated rings. The molecule has 40 heavy (non-hydrogen) atoms. The van der Waals surface area contributed by atoms with E-state index in [-0.39, 0.29) is 30.2 Å². The molecule has 1 aromatic heterocycles. The quantitative estimate of drug-likeness (QED) is 0.269. The first-order valence-electron chi connectivity index (χ1n) is 12.3. The smallest absolute Gasteiger partial charge is 0.294 e. The summed E-state index contributed by atoms with van der Waals surface area (Å²) < 4.78 is 10.8. The van der Waals surface area contributed by atoms with Crippen molar-refractivity contribution in [2.75, 3.05) is 11.7 Å². The number of rotatable bonds is 7. The van der Waals surface area contributed by atoms with E-state index in [2.05, 4.69) is 5.32 Å². The summed E-state index contributed by atoms with van der Waals surface area (Å²) >= 11 is 7.33. The van der Waals surface area contributed by atoms with Crippen LogP contribution in [0.15, 0.2) is 95.6 Å². The van der Waals surface area contributed by atoms with Crippen LogP contribution in [-0.2, 0) is 11.3 Å². The lowest BCUT2D eigenvalue weighted by atomic mass is 9.95. The number of amides is 2. The summed E-state index contributed by atoms with van der Waals surface area (Å²) in [5.74, 6) is -1.10. The zero-order valence-electron chi connectivity index (χ0n) is 20.8. The van der Waals surface area contributed by atoms with E-state index in [1.165, 1.54) is 16.2 Å². The van der Waals surface area contributed by atoms with Crippen LogP contribution in [0.2, 0.25) is 5.02 Å². The minimum atomic E-state index is -0.984. The van der Waals surface area contributed by atoms with Crippen LogP contribution < -0.4 is 19.7 Å². The van der Waals surface area contributed by atoms with Crippen molar-refractivity contribution in [1.82, 2.24) is 5.32 Å². The third-order valence-corrected chi connectivity index (χ3v) is 7.80. The number of hydrogen-bond acceptors (Lipinski definition) is 7. The molecule has 2 aliphatic rings. The van der Waals surface area contributed by atoms with Crippen molar-refractivity contribution in [3.63, 3.8) is 0 Å². The molecule has 0 radical (unpaired) electrons. The van der Waals surface area contributed by atoms with Crippen LogP contribution in [0.25, 0.3) is 0 Å². The van der Waals surface area contributed by atoms with Crippen molar-refractivity contribution >= 4 is 46.2 Å². The molecule has 0 aliphatic carbocycles. The second kappa shape index (κ2) is 10.5. The maximum Gasteiger partial charge on any atom is 0.294 e. The number of ether oxygens (including phenoxy) is 2. The number of hydrogen-bond donors (Lipinski definition) is 2. The highest BCUT2D eigenvalue weighted by atomic mass is 35.5. The Morgan fingerprint density at radius 1 is 1.00 bits per heavy atom. The lowest BCUT2D eigenvalue weighted by Gasteiger charge is -2.28. The number of Topliss-reactive ketones (excluding diaryl/α,β-unsaturated/α-hetero) is 1. The second-order valence-corrected chi connectivity index (χ2v) is 10.5. The maximum atomic E-state index is 13.6. The maximum absolute atomic E-state index is 13.6. The van der Waals surface area contributed by atoms with E-state index in [0.717, 1.165) is 5.56 Å². The molecule has 0 unspecified atom stereocenters. The predicted octanol–water partition coefficient (Wildman–Crippen LogP) is 5.84. The molecule has 200 valence electrons. The number of aliphatic hydroxyl groups is 1. The monoisotopic (exact) mass is 572 g/mol. The number of para-hydroxylation sites is 1. The van der Waals surface area contributed by atoms with Crippen LogP contribution in [0, 0.1) is 0 Å². The summed E-state index contributed by atoms with van der Waals surface area (Å²) in [6.07, 6.45) is 0. The van der Waals surface area contributed by atoms with Crippen molar-refractivity contribution in [2.45, 2.75) is 12.6 Å². The van der Waals surface area contributed by atoms with Gasteiger partial charge in [-0.1, -0.05) is 48.0 Å². The lowest BCUT2D eigenvalue weighted by Crippen LogP contribution is -2.34. The van der Waals surface area contributed by atoms with E-state index in [1.54, 1.807) is 78.2 Å². The Morgan fingerprint density at radius 3 is 2.55 bits per heavy atom. The van der Waals surface area contributed by atoms with Gasteiger partial charge in [-0.15, -0.1) is 11.3 Å².